The van der Waals surface area contributed by atoms with Crippen molar-refractivity contribution in [2.75, 3.05) is 13.1 Å². The molecule has 0 saturated carbocycles. The van der Waals surface area contributed by atoms with Crippen molar-refractivity contribution in [2.45, 2.75) is 52.0 Å². The maximum absolute atomic E-state index is 12.8. The minimum absolute atomic E-state index is 0.157. The van der Waals surface area contributed by atoms with Gasteiger partial charge in [0.05, 0.1) is 5.92 Å². The Labute approximate surface area is 123 Å². The van der Waals surface area contributed by atoms with E-state index in [9.17, 15) is 4.79 Å². The van der Waals surface area contributed by atoms with Crippen LogP contribution in [0.5, 0.6) is 0 Å². The number of carbonyl (C=O) groups is 1. The maximum Gasteiger partial charge on any atom is 0.231 e. The van der Waals surface area contributed by atoms with Crippen LogP contribution in [0.15, 0.2) is 30.3 Å². The fourth-order valence-corrected chi connectivity index (χ4v) is 2.42. The average Bonchev–Trinajstić information content (AvgIpc) is 2.45. The Morgan fingerprint density at radius 1 is 1.20 bits per heavy atom. The third-order valence-corrected chi connectivity index (χ3v) is 3.64. The molecule has 0 saturated heterocycles. The van der Waals surface area contributed by atoms with Crippen molar-refractivity contribution in [3.05, 3.63) is 35.9 Å². The van der Waals surface area contributed by atoms with Crippen LogP contribution < -0.4 is 5.73 Å². The van der Waals surface area contributed by atoms with E-state index >= 15 is 0 Å². The zero-order valence-corrected chi connectivity index (χ0v) is 13.0. The molecule has 0 fully saturated rings. The Morgan fingerprint density at radius 2 is 1.85 bits per heavy atom. The van der Waals surface area contributed by atoms with E-state index in [0.29, 0.717) is 6.54 Å². The lowest BCUT2D eigenvalue weighted by atomic mass is 9.97. The molecule has 1 aromatic carbocycles. The predicted molar refractivity (Wildman–Crippen MR) is 84.6 cm³/mol. The fourth-order valence-electron chi connectivity index (χ4n) is 2.42. The molecule has 3 nitrogen and oxygen atoms in total. The van der Waals surface area contributed by atoms with E-state index in [1.54, 1.807) is 0 Å². The molecule has 1 rings (SSSR count). The number of hydrogen-bond donors (Lipinski definition) is 1. The largest absolute Gasteiger partial charge is 0.340 e. The van der Waals surface area contributed by atoms with Gasteiger partial charge in [0.15, 0.2) is 0 Å². The van der Waals surface area contributed by atoms with Gasteiger partial charge in [0, 0.05) is 19.1 Å². The van der Waals surface area contributed by atoms with Gasteiger partial charge in [-0.05, 0) is 25.8 Å². The summed E-state index contributed by atoms with van der Waals surface area (Å²) < 4.78 is 0. The Balaban J connectivity index is 2.80. The highest BCUT2D eigenvalue weighted by Gasteiger charge is 2.25. The van der Waals surface area contributed by atoms with E-state index in [2.05, 4.69) is 20.8 Å². The van der Waals surface area contributed by atoms with Gasteiger partial charge in [-0.3, -0.25) is 4.79 Å². The molecular formula is C17H28N2O. The monoisotopic (exact) mass is 276 g/mol. The van der Waals surface area contributed by atoms with Gasteiger partial charge in [-0.2, -0.15) is 0 Å². The SMILES string of the molecule is CCCCCN(C(=O)C(CN)c1ccccc1)C(C)C. The number of unbranched alkanes of at least 4 members (excludes halogenated alkanes) is 2. The van der Waals surface area contributed by atoms with Crippen LogP contribution in [-0.2, 0) is 4.79 Å². The molecule has 0 aliphatic rings. The van der Waals surface area contributed by atoms with Crippen molar-refractivity contribution in [2.24, 2.45) is 5.73 Å². The first-order valence-electron chi connectivity index (χ1n) is 7.67. The van der Waals surface area contributed by atoms with E-state index in [1.807, 2.05) is 35.2 Å². The number of amides is 1. The van der Waals surface area contributed by atoms with Crippen LogP contribution in [0.3, 0.4) is 0 Å². The zero-order chi connectivity index (χ0) is 15.0. The topological polar surface area (TPSA) is 46.3 Å². The summed E-state index contributed by atoms with van der Waals surface area (Å²) >= 11 is 0. The standard InChI is InChI=1S/C17H28N2O/c1-4-5-9-12-19(14(2)3)17(20)16(13-18)15-10-7-6-8-11-15/h6-8,10-11,14,16H,4-5,9,12-13,18H2,1-3H3. The minimum atomic E-state index is -0.222. The van der Waals surface area contributed by atoms with Crippen LogP contribution >= 0.6 is 0 Å². The van der Waals surface area contributed by atoms with E-state index < -0.39 is 0 Å². The second-order valence-electron chi connectivity index (χ2n) is 5.53. The number of carbonyl (C=O) groups excluding carboxylic acids is 1. The Hall–Kier alpha value is -1.35. The number of nitrogens with two attached hydrogens (primary N) is 1. The molecule has 1 atom stereocenters. The Bertz CT molecular complexity index is 389. The molecule has 0 radical (unpaired) electrons. The summed E-state index contributed by atoms with van der Waals surface area (Å²) in [6.45, 7) is 7.51. The number of hydrogen-bond acceptors (Lipinski definition) is 2. The van der Waals surface area contributed by atoms with Crippen molar-refractivity contribution in [3.8, 4) is 0 Å². The third kappa shape index (κ3) is 4.64. The van der Waals surface area contributed by atoms with Crippen molar-refractivity contribution < 1.29 is 4.79 Å². The van der Waals surface area contributed by atoms with Crippen molar-refractivity contribution in [1.29, 1.82) is 0 Å². The highest BCUT2D eigenvalue weighted by Crippen LogP contribution is 2.19. The highest BCUT2D eigenvalue weighted by molar-refractivity contribution is 5.84. The summed E-state index contributed by atoms with van der Waals surface area (Å²) in [7, 11) is 0. The molecule has 1 unspecified atom stereocenters. The van der Waals surface area contributed by atoms with E-state index in [0.717, 1.165) is 24.9 Å². The summed E-state index contributed by atoms with van der Waals surface area (Å²) in [5, 5.41) is 0. The molecule has 3 heteroatoms. The fraction of sp³-hybridized carbons (Fsp3) is 0.588. The normalized spacial score (nSPS) is 12.4. The van der Waals surface area contributed by atoms with Gasteiger partial charge in [0.25, 0.3) is 0 Å². The van der Waals surface area contributed by atoms with E-state index in [1.165, 1.54) is 6.42 Å². The lowest BCUT2D eigenvalue weighted by Crippen LogP contribution is -2.42. The van der Waals surface area contributed by atoms with Crippen molar-refractivity contribution >= 4 is 5.91 Å². The second-order valence-corrected chi connectivity index (χ2v) is 5.53. The minimum Gasteiger partial charge on any atom is -0.340 e. The van der Waals surface area contributed by atoms with E-state index in [4.69, 9.17) is 5.73 Å². The van der Waals surface area contributed by atoms with Gasteiger partial charge >= 0.3 is 0 Å². The summed E-state index contributed by atoms with van der Waals surface area (Å²) in [4.78, 5) is 14.7. The molecule has 0 spiro atoms. The first-order chi connectivity index (χ1) is 9.61. The first-order valence-corrected chi connectivity index (χ1v) is 7.67. The summed E-state index contributed by atoms with van der Waals surface area (Å²) in [6.07, 6.45) is 3.39. The van der Waals surface area contributed by atoms with Gasteiger partial charge in [0.1, 0.15) is 0 Å². The molecule has 1 aromatic rings. The quantitative estimate of drug-likeness (QED) is 0.741. The summed E-state index contributed by atoms with van der Waals surface area (Å²) in [6, 6.07) is 10.1. The average molecular weight is 276 g/mol. The lowest BCUT2D eigenvalue weighted by Gasteiger charge is -2.30. The zero-order valence-electron chi connectivity index (χ0n) is 13.0. The molecule has 0 heterocycles. The van der Waals surface area contributed by atoms with Crippen LogP contribution in [0.2, 0.25) is 0 Å². The molecule has 2 N–H and O–H groups in total. The smallest absolute Gasteiger partial charge is 0.231 e. The molecule has 0 aromatic heterocycles. The molecule has 0 aliphatic carbocycles. The predicted octanol–water partition coefficient (Wildman–Crippen LogP) is 3.16. The summed E-state index contributed by atoms with van der Waals surface area (Å²) in [5.74, 6) is -0.0648. The molecule has 112 valence electrons. The van der Waals surface area contributed by atoms with Gasteiger partial charge < -0.3 is 10.6 Å². The number of rotatable bonds is 8. The van der Waals surface area contributed by atoms with Crippen LogP contribution in [0.4, 0.5) is 0 Å². The second kappa shape index (κ2) is 8.75. The highest BCUT2D eigenvalue weighted by atomic mass is 16.2. The van der Waals surface area contributed by atoms with Crippen LogP contribution in [0.25, 0.3) is 0 Å². The van der Waals surface area contributed by atoms with Crippen LogP contribution in [0, 0.1) is 0 Å². The third-order valence-electron chi connectivity index (χ3n) is 3.64. The Morgan fingerprint density at radius 3 is 2.35 bits per heavy atom. The first kappa shape index (κ1) is 16.7. The van der Waals surface area contributed by atoms with Crippen molar-refractivity contribution in [3.63, 3.8) is 0 Å². The lowest BCUT2D eigenvalue weighted by molar-refractivity contribution is -0.134. The molecule has 1 amide bonds. The summed E-state index contributed by atoms with van der Waals surface area (Å²) in [5.41, 5.74) is 6.87. The molecule has 20 heavy (non-hydrogen) atoms. The maximum atomic E-state index is 12.8. The van der Waals surface area contributed by atoms with E-state index in [-0.39, 0.29) is 17.9 Å². The van der Waals surface area contributed by atoms with Gasteiger partial charge in [-0.25, -0.2) is 0 Å². The Kier molecular flexibility index (Phi) is 7.31. The molecular weight excluding hydrogens is 248 g/mol. The number of nitrogens with zero attached hydrogens (tertiary/aromatic N) is 1. The number of benzene rings is 1. The molecule has 0 bridgehead atoms. The van der Waals surface area contributed by atoms with Gasteiger partial charge in [-0.1, -0.05) is 50.1 Å². The van der Waals surface area contributed by atoms with Crippen molar-refractivity contribution in [1.82, 2.24) is 4.90 Å². The van der Waals surface area contributed by atoms with Crippen LogP contribution in [0.1, 0.15) is 51.5 Å². The van der Waals surface area contributed by atoms with Gasteiger partial charge in [0.2, 0.25) is 5.91 Å². The van der Waals surface area contributed by atoms with Crippen LogP contribution in [-0.4, -0.2) is 29.9 Å². The molecule has 0 aliphatic heterocycles. The van der Waals surface area contributed by atoms with Gasteiger partial charge in [-0.15, -0.1) is 0 Å².